The summed E-state index contributed by atoms with van der Waals surface area (Å²) in [5.74, 6) is 2.24. The lowest BCUT2D eigenvalue weighted by molar-refractivity contribution is 0.406. The number of para-hydroxylation sites is 1. The molecule has 3 rings (SSSR count). The fourth-order valence-corrected chi connectivity index (χ4v) is 2.87. The Morgan fingerprint density at radius 1 is 1.25 bits per heavy atom. The highest BCUT2D eigenvalue weighted by atomic mass is 79.9. The zero-order chi connectivity index (χ0) is 13.9. The third-order valence-electron chi connectivity index (χ3n) is 3.66. The molecule has 0 aliphatic carbocycles. The maximum Gasteiger partial charge on any atom is 0.225 e. The van der Waals surface area contributed by atoms with Crippen molar-refractivity contribution in [3.63, 3.8) is 0 Å². The van der Waals surface area contributed by atoms with E-state index in [-0.39, 0.29) is 0 Å². The maximum atomic E-state index is 5.46. The van der Waals surface area contributed by atoms with E-state index in [2.05, 4.69) is 42.9 Å². The van der Waals surface area contributed by atoms with E-state index < -0.39 is 0 Å². The van der Waals surface area contributed by atoms with Gasteiger partial charge in [0.15, 0.2) is 0 Å². The van der Waals surface area contributed by atoms with Crippen molar-refractivity contribution in [1.29, 1.82) is 0 Å². The van der Waals surface area contributed by atoms with Gasteiger partial charge in [0.1, 0.15) is 5.75 Å². The van der Waals surface area contributed by atoms with Crippen LogP contribution in [0.2, 0.25) is 0 Å². The summed E-state index contributed by atoms with van der Waals surface area (Å²) in [7, 11) is 1.73. The van der Waals surface area contributed by atoms with Crippen LogP contribution in [0.25, 0.3) is 0 Å². The second-order valence-corrected chi connectivity index (χ2v) is 5.79. The van der Waals surface area contributed by atoms with Gasteiger partial charge >= 0.3 is 0 Å². The maximum absolute atomic E-state index is 5.46. The summed E-state index contributed by atoms with van der Waals surface area (Å²) in [4.78, 5) is 11.0. The Kier molecular flexibility index (Phi) is 3.87. The number of rotatable bonds is 3. The first-order chi connectivity index (χ1) is 9.78. The number of methoxy groups -OCH3 is 1. The second kappa shape index (κ2) is 5.79. The van der Waals surface area contributed by atoms with Crippen molar-refractivity contribution in [2.75, 3.05) is 25.1 Å². The molecule has 2 aromatic rings. The molecule has 1 unspecified atom stereocenters. The van der Waals surface area contributed by atoms with Crippen LogP contribution >= 0.6 is 15.9 Å². The number of anilines is 1. The number of aromatic nitrogens is 2. The van der Waals surface area contributed by atoms with Crippen LogP contribution in [0.3, 0.4) is 0 Å². The van der Waals surface area contributed by atoms with Crippen LogP contribution in [0.15, 0.2) is 41.1 Å². The third-order valence-corrected chi connectivity index (χ3v) is 4.07. The standard InChI is InChI=1S/C15H16BrN3O/c1-20-14-5-3-2-4-13(14)11-6-7-19(10-11)15-17-8-12(16)9-18-15/h2-5,8-9,11H,6-7,10H2,1H3. The quantitative estimate of drug-likeness (QED) is 0.864. The predicted molar refractivity (Wildman–Crippen MR) is 82.3 cm³/mol. The summed E-state index contributed by atoms with van der Waals surface area (Å²) >= 11 is 3.36. The molecule has 1 fully saturated rings. The van der Waals surface area contributed by atoms with Crippen molar-refractivity contribution in [3.8, 4) is 5.75 Å². The van der Waals surface area contributed by atoms with Gasteiger partial charge in [-0.2, -0.15) is 0 Å². The van der Waals surface area contributed by atoms with E-state index in [1.807, 2.05) is 12.1 Å². The van der Waals surface area contributed by atoms with Crippen LogP contribution in [0.4, 0.5) is 5.95 Å². The monoisotopic (exact) mass is 333 g/mol. The smallest absolute Gasteiger partial charge is 0.225 e. The first-order valence-corrected chi connectivity index (χ1v) is 7.42. The molecule has 1 aliphatic rings. The van der Waals surface area contributed by atoms with Gasteiger partial charge in [0.05, 0.1) is 11.6 Å². The second-order valence-electron chi connectivity index (χ2n) is 4.87. The summed E-state index contributed by atoms with van der Waals surface area (Å²) in [5, 5.41) is 0. The first-order valence-electron chi connectivity index (χ1n) is 6.63. The summed E-state index contributed by atoms with van der Waals surface area (Å²) in [6, 6.07) is 8.24. The Hall–Kier alpha value is -1.62. The Morgan fingerprint density at radius 3 is 2.75 bits per heavy atom. The normalized spacial score (nSPS) is 18.3. The Balaban J connectivity index is 1.78. The molecule has 0 bridgehead atoms. The average Bonchev–Trinajstić information content (AvgIpc) is 2.97. The molecule has 0 N–H and O–H groups in total. The Morgan fingerprint density at radius 2 is 2.00 bits per heavy atom. The average molecular weight is 334 g/mol. The molecule has 20 heavy (non-hydrogen) atoms. The SMILES string of the molecule is COc1ccccc1C1CCN(c2ncc(Br)cn2)C1. The fraction of sp³-hybridized carbons (Fsp3) is 0.333. The zero-order valence-electron chi connectivity index (χ0n) is 11.3. The van der Waals surface area contributed by atoms with Gasteiger partial charge in [-0.1, -0.05) is 18.2 Å². The van der Waals surface area contributed by atoms with Gasteiger partial charge in [-0.3, -0.25) is 0 Å². The molecule has 0 radical (unpaired) electrons. The number of nitrogens with zero attached hydrogens (tertiary/aromatic N) is 3. The van der Waals surface area contributed by atoms with Crippen LogP contribution in [0.5, 0.6) is 5.75 Å². The van der Waals surface area contributed by atoms with E-state index in [0.29, 0.717) is 5.92 Å². The minimum atomic E-state index is 0.471. The summed E-state index contributed by atoms with van der Waals surface area (Å²) in [5.41, 5.74) is 1.27. The predicted octanol–water partition coefficient (Wildman–Crippen LogP) is 3.24. The minimum absolute atomic E-state index is 0.471. The summed E-state index contributed by atoms with van der Waals surface area (Å²) < 4.78 is 6.36. The minimum Gasteiger partial charge on any atom is -0.496 e. The molecule has 1 aliphatic heterocycles. The molecule has 5 heteroatoms. The van der Waals surface area contributed by atoms with Crippen LogP contribution in [0.1, 0.15) is 17.9 Å². The Labute approximate surface area is 126 Å². The lowest BCUT2D eigenvalue weighted by atomic mass is 9.97. The van der Waals surface area contributed by atoms with E-state index in [1.165, 1.54) is 5.56 Å². The topological polar surface area (TPSA) is 38.2 Å². The van der Waals surface area contributed by atoms with Crippen molar-refractivity contribution >= 4 is 21.9 Å². The van der Waals surface area contributed by atoms with Crippen molar-refractivity contribution in [1.82, 2.24) is 9.97 Å². The zero-order valence-corrected chi connectivity index (χ0v) is 12.9. The molecule has 2 heterocycles. The van der Waals surface area contributed by atoms with Gasteiger partial charge in [0.25, 0.3) is 0 Å². The van der Waals surface area contributed by atoms with Gasteiger partial charge < -0.3 is 9.64 Å². The number of hydrogen-bond donors (Lipinski definition) is 0. The molecule has 0 amide bonds. The molecular weight excluding hydrogens is 318 g/mol. The van der Waals surface area contributed by atoms with Gasteiger partial charge in [-0.25, -0.2) is 9.97 Å². The van der Waals surface area contributed by atoms with Gasteiger partial charge in [-0.05, 0) is 34.0 Å². The molecule has 1 saturated heterocycles. The van der Waals surface area contributed by atoms with Crippen LogP contribution < -0.4 is 9.64 Å². The number of benzene rings is 1. The van der Waals surface area contributed by atoms with Crippen molar-refractivity contribution in [3.05, 3.63) is 46.7 Å². The Bertz CT molecular complexity index is 588. The van der Waals surface area contributed by atoms with Crippen molar-refractivity contribution in [2.45, 2.75) is 12.3 Å². The highest BCUT2D eigenvalue weighted by Crippen LogP contribution is 2.34. The third kappa shape index (κ3) is 2.63. The van der Waals surface area contributed by atoms with Crippen molar-refractivity contribution < 1.29 is 4.74 Å². The van der Waals surface area contributed by atoms with Gasteiger partial charge in [0, 0.05) is 31.4 Å². The van der Waals surface area contributed by atoms with Crippen molar-refractivity contribution in [2.24, 2.45) is 0 Å². The largest absolute Gasteiger partial charge is 0.496 e. The van der Waals surface area contributed by atoms with Gasteiger partial charge in [-0.15, -0.1) is 0 Å². The first kappa shape index (κ1) is 13.4. The lowest BCUT2D eigenvalue weighted by Crippen LogP contribution is -2.21. The molecule has 4 nitrogen and oxygen atoms in total. The van der Waals surface area contributed by atoms with Gasteiger partial charge in [0.2, 0.25) is 5.95 Å². The van der Waals surface area contributed by atoms with E-state index in [0.717, 1.165) is 35.7 Å². The molecule has 1 aromatic heterocycles. The van der Waals surface area contributed by atoms with Crippen LogP contribution in [-0.4, -0.2) is 30.2 Å². The number of ether oxygens (including phenoxy) is 1. The molecule has 1 aromatic carbocycles. The molecule has 1 atom stereocenters. The summed E-state index contributed by atoms with van der Waals surface area (Å²) in [6.45, 7) is 1.91. The highest BCUT2D eigenvalue weighted by Gasteiger charge is 2.27. The highest BCUT2D eigenvalue weighted by molar-refractivity contribution is 9.10. The van der Waals surface area contributed by atoms with E-state index in [9.17, 15) is 0 Å². The number of halogens is 1. The van der Waals surface area contributed by atoms with Crippen LogP contribution in [-0.2, 0) is 0 Å². The number of hydrogen-bond acceptors (Lipinski definition) is 4. The molecule has 0 spiro atoms. The van der Waals surface area contributed by atoms with Crippen LogP contribution in [0, 0.1) is 0 Å². The van der Waals surface area contributed by atoms with E-state index in [1.54, 1.807) is 19.5 Å². The molecule has 0 saturated carbocycles. The van der Waals surface area contributed by atoms with E-state index in [4.69, 9.17) is 4.74 Å². The lowest BCUT2D eigenvalue weighted by Gasteiger charge is -2.17. The fourth-order valence-electron chi connectivity index (χ4n) is 2.67. The molecule has 104 valence electrons. The molecular formula is C15H16BrN3O. The van der Waals surface area contributed by atoms with E-state index >= 15 is 0 Å². The summed E-state index contributed by atoms with van der Waals surface area (Å²) in [6.07, 6.45) is 4.68.